The minimum atomic E-state index is 0.112. The first kappa shape index (κ1) is 15.8. The zero-order valence-electron chi connectivity index (χ0n) is 13.4. The van der Waals surface area contributed by atoms with Crippen molar-refractivity contribution in [2.75, 3.05) is 26.8 Å². The van der Waals surface area contributed by atoms with Crippen LogP contribution in [0, 0.1) is 16.7 Å². The number of carbonyl (C=O) groups is 1. The molecule has 2 rings (SSSR count). The Balaban J connectivity index is 1.75. The van der Waals surface area contributed by atoms with Crippen LogP contribution in [0.5, 0.6) is 0 Å². The zero-order valence-corrected chi connectivity index (χ0v) is 13.4. The van der Waals surface area contributed by atoms with Gasteiger partial charge in [0, 0.05) is 32.7 Å². The fraction of sp³-hybridized carbons (Fsp3) is 0.938. The smallest absolute Gasteiger partial charge is 0.221 e. The molecular weight excluding hydrogens is 252 g/mol. The Labute approximate surface area is 123 Å². The van der Waals surface area contributed by atoms with Crippen LogP contribution in [0.4, 0.5) is 0 Å². The third kappa shape index (κ3) is 3.01. The van der Waals surface area contributed by atoms with Gasteiger partial charge in [-0.2, -0.15) is 0 Å². The van der Waals surface area contributed by atoms with Crippen LogP contribution in [0.1, 0.15) is 46.5 Å². The molecule has 0 heterocycles. The van der Waals surface area contributed by atoms with E-state index in [-0.39, 0.29) is 5.91 Å². The highest BCUT2D eigenvalue weighted by Gasteiger charge is 2.58. The molecule has 3 atom stereocenters. The Kier molecular flexibility index (Phi) is 4.75. The maximum absolute atomic E-state index is 11.7. The van der Waals surface area contributed by atoms with Gasteiger partial charge in [0.2, 0.25) is 5.91 Å². The van der Waals surface area contributed by atoms with E-state index in [1.165, 1.54) is 19.3 Å². The number of hydrogen-bond acceptors (Lipinski definition) is 3. The summed E-state index contributed by atoms with van der Waals surface area (Å²) in [4.78, 5) is 11.7. The van der Waals surface area contributed by atoms with Crippen molar-refractivity contribution in [3.63, 3.8) is 0 Å². The molecule has 2 aliphatic carbocycles. The fourth-order valence-corrected chi connectivity index (χ4v) is 4.52. The molecule has 0 saturated heterocycles. The lowest BCUT2D eigenvalue weighted by molar-refractivity contribution is -0.121. The molecule has 2 saturated carbocycles. The van der Waals surface area contributed by atoms with Gasteiger partial charge in [-0.1, -0.05) is 20.8 Å². The predicted octanol–water partition coefficient (Wildman–Crippen LogP) is 1.94. The highest BCUT2D eigenvalue weighted by Crippen LogP contribution is 2.62. The lowest BCUT2D eigenvalue weighted by Gasteiger charge is -2.43. The number of amides is 1. The van der Waals surface area contributed by atoms with Crippen LogP contribution >= 0.6 is 0 Å². The largest absolute Gasteiger partial charge is 0.383 e. The summed E-state index contributed by atoms with van der Waals surface area (Å²) in [6.07, 6.45) is 4.60. The second-order valence-electron chi connectivity index (χ2n) is 7.40. The topological polar surface area (TPSA) is 50.4 Å². The van der Waals surface area contributed by atoms with Gasteiger partial charge in [-0.05, 0) is 36.0 Å². The van der Waals surface area contributed by atoms with Crippen molar-refractivity contribution < 1.29 is 9.53 Å². The van der Waals surface area contributed by atoms with Gasteiger partial charge in [0.1, 0.15) is 0 Å². The van der Waals surface area contributed by atoms with E-state index in [9.17, 15) is 4.79 Å². The first-order chi connectivity index (χ1) is 9.40. The summed E-state index contributed by atoms with van der Waals surface area (Å²) in [6, 6.07) is 0.542. The van der Waals surface area contributed by atoms with E-state index in [4.69, 9.17) is 4.74 Å². The molecule has 2 N–H and O–H groups in total. The van der Waals surface area contributed by atoms with Crippen molar-refractivity contribution in [2.24, 2.45) is 16.7 Å². The Morgan fingerprint density at radius 1 is 1.30 bits per heavy atom. The highest BCUT2D eigenvalue weighted by molar-refractivity contribution is 5.76. The summed E-state index contributed by atoms with van der Waals surface area (Å²) in [5.74, 6) is 0.959. The van der Waals surface area contributed by atoms with E-state index >= 15 is 0 Å². The fourth-order valence-electron chi connectivity index (χ4n) is 4.52. The average molecular weight is 282 g/mol. The maximum Gasteiger partial charge on any atom is 0.221 e. The number of fused-ring (bicyclic) bond motifs is 2. The van der Waals surface area contributed by atoms with E-state index in [2.05, 4.69) is 31.4 Å². The molecule has 0 radical (unpaired) electrons. The second-order valence-corrected chi connectivity index (χ2v) is 7.40. The molecule has 2 fully saturated rings. The van der Waals surface area contributed by atoms with Crippen molar-refractivity contribution in [2.45, 2.75) is 52.5 Å². The molecule has 20 heavy (non-hydrogen) atoms. The molecule has 0 aromatic carbocycles. The number of carbonyl (C=O) groups excluding carboxylic acids is 1. The summed E-state index contributed by atoms with van der Waals surface area (Å²) in [6.45, 7) is 9.14. The summed E-state index contributed by atoms with van der Waals surface area (Å²) in [7, 11) is 1.64. The monoisotopic (exact) mass is 282 g/mol. The summed E-state index contributed by atoms with van der Waals surface area (Å²) in [5, 5.41) is 6.54. The highest BCUT2D eigenvalue weighted by atomic mass is 16.5. The lowest BCUT2D eigenvalue weighted by atomic mass is 9.68. The van der Waals surface area contributed by atoms with Crippen LogP contribution in [0.15, 0.2) is 0 Å². The number of rotatable bonds is 7. The average Bonchev–Trinajstić information content (AvgIpc) is 2.85. The Bertz CT molecular complexity index is 352. The Hall–Kier alpha value is -0.610. The van der Waals surface area contributed by atoms with Gasteiger partial charge >= 0.3 is 0 Å². The van der Waals surface area contributed by atoms with Gasteiger partial charge in [-0.25, -0.2) is 0 Å². The molecule has 2 bridgehead atoms. The Morgan fingerprint density at radius 3 is 2.65 bits per heavy atom. The van der Waals surface area contributed by atoms with E-state index in [1.54, 1.807) is 7.11 Å². The number of hydrogen-bond donors (Lipinski definition) is 2. The third-order valence-corrected chi connectivity index (χ3v) is 5.60. The molecule has 116 valence electrons. The van der Waals surface area contributed by atoms with Gasteiger partial charge in [0.05, 0.1) is 6.61 Å². The van der Waals surface area contributed by atoms with E-state index < -0.39 is 0 Å². The van der Waals surface area contributed by atoms with E-state index in [0.29, 0.717) is 36.4 Å². The molecule has 4 heteroatoms. The predicted molar refractivity (Wildman–Crippen MR) is 80.5 cm³/mol. The molecular formula is C16H30N2O2. The first-order valence-electron chi connectivity index (χ1n) is 7.89. The van der Waals surface area contributed by atoms with Crippen molar-refractivity contribution in [3.05, 3.63) is 0 Å². The first-order valence-corrected chi connectivity index (χ1v) is 7.89. The second kappa shape index (κ2) is 6.02. The number of ether oxygens (including phenoxy) is 1. The molecule has 0 aromatic heterocycles. The van der Waals surface area contributed by atoms with Crippen LogP contribution in [0.25, 0.3) is 0 Å². The van der Waals surface area contributed by atoms with Crippen LogP contribution < -0.4 is 10.6 Å². The molecule has 4 nitrogen and oxygen atoms in total. The van der Waals surface area contributed by atoms with Crippen LogP contribution in [-0.4, -0.2) is 38.8 Å². The van der Waals surface area contributed by atoms with E-state index in [0.717, 1.165) is 12.5 Å². The third-order valence-electron chi connectivity index (χ3n) is 5.60. The molecule has 0 spiro atoms. The lowest BCUT2D eigenvalue weighted by Crippen LogP contribution is -2.51. The van der Waals surface area contributed by atoms with Crippen LogP contribution in [-0.2, 0) is 9.53 Å². The van der Waals surface area contributed by atoms with Gasteiger partial charge in [0.25, 0.3) is 0 Å². The number of nitrogens with one attached hydrogen (secondary N) is 2. The van der Waals surface area contributed by atoms with Gasteiger partial charge in [-0.15, -0.1) is 0 Å². The van der Waals surface area contributed by atoms with Gasteiger partial charge in [0.15, 0.2) is 0 Å². The van der Waals surface area contributed by atoms with Crippen LogP contribution in [0.2, 0.25) is 0 Å². The summed E-state index contributed by atoms with van der Waals surface area (Å²) < 4.78 is 4.92. The van der Waals surface area contributed by atoms with Crippen molar-refractivity contribution in [3.8, 4) is 0 Å². The van der Waals surface area contributed by atoms with Gasteiger partial charge in [-0.3, -0.25) is 4.79 Å². The molecule has 0 aromatic rings. The number of methoxy groups -OCH3 is 1. The quantitative estimate of drug-likeness (QED) is 0.702. The van der Waals surface area contributed by atoms with Crippen LogP contribution in [0.3, 0.4) is 0 Å². The molecule has 0 aliphatic heterocycles. The maximum atomic E-state index is 11.7. The standard InChI is InChI=1S/C16H30N2O2/c1-15(2)12-5-7-16(3,11-12)14(15)18-8-6-13(19)17-9-10-20-4/h12,14,18H,5-11H2,1-4H3,(H,17,19)/t12-,14?,16+/m0/s1. The Morgan fingerprint density at radius 2 is 2.05 bits per heavy atom. The summed E-state index contributed by atoms with van der Waals surface area (Å²) in [5.41, 5.74) is 0.792. The molecule has 2 aliphatic rings. The van der Waals surface area contributed by atoms with Crippen molar-refractivity contribution >= 4 is 5.91 Å². The minimum Gasteiger partial charge on any atom is -0.383 e. The van der Waals surface area contributed by atoms with Gasteiger partial charge < -0.3 is 15.4 Å². The van der Waals surface area contributed by atoms with Crippen molar-refractivity contribution in [1.82, 2.24) is 10.6 Å². The van der Waals surface area contributed by atoms with E-state index in [1.807, 2.05) is 0 Å². The minimum absolute atomic E-state index is 0.112. The zero-order chi connectivity index (χ0) is 14.8. The van der Waals surface area contributed by atoms with Crippen molar-refractivity contribution in [1.29, 1.82) is 0 Å². The SMILES string of the molecule is COCCNC(=O)CCNC1C(C)(C)[C@H]2CC[C@]1(C)C2. The molecule has 1 amide bonds. The molecule has 1 unspecified atom stereocenters. The summed E-state index contributed by atoms with van der Waals surface area (Å²) >= 11 is 0. The normalized spacial score (nSPS) is 34.4.